The highest BCUT2D eigenvalue weighted by molar-refractivity contribution is 5.47. The van der Waals surface area contributed by atoms with E-state index >= 15 is 0 Å². The number of nitrogens with one attached hydrogen (secondary N) is 1. The number of nitrogens with zero attached hydrogens (tertiary/aromatic N) is 4. The molecule has 5 nitrogen and oxygen atoms in total. The first kappa shape index (κ1) is 14.5. The van der Waals surface area contributed by atoms with Crippen LogP contribution < -0.4 is 10.2 Å². The molecular weight excluding hydrogens is 250 g/mol. The number of pyridine rings is 1. The van der Waals surface area contributed by atoms with E-state index < -0.39 is 0 Å². The van der Waals surface area contributed by atoms with Gasteiger partial charge in [-0.3, -0.25) is 0 Å². The number of hydrogen-bond donors (Lipinski definition) is 1. The average molecular weight is 273 g/mol. The lowest BCUT2D eigenvalue weighted by molar-refractivity contribution is 0.593. The van der Waals surface area contributed by atoms with Crippen LogP contribution in [-0.2, 0) is 13.6 Å². The summed E-state index contributed by atoms with van der Waals surface area (Å²) in [6.45, 7) is 5.97. The predicted molar refractivity (Wildman–Crippen MR) is 81.6 cm³/mol. The molecule has 5 heteroatoms. The van der Waals surface area contributed by atoms with Gasteiger partial charge >= 0.3 is 0 Å². The first-order valence-electron chi connectivity index (χ1n) is 6.99. The van der Waals surface area contributed by atoms with Crippen molar-refractivity contribution >= 4 is 5.82 Å². The lowest BCUT2D eigenvalue weighted by Crippen LogP contribution is -2.25. The average Bonchev–Trinajstić information content (AvgIpc) is 2.84. The van der Waals surface area contributed by atoms with Crippen LogP contribution in [0.25, 0.3) is 0 Å². The number of rotatable bonds is 6. The van der Waals surface area contributed by atoms with Gasteiger partial charge in [0.05, 0.1) is 6.54 Å². The second-order valence-corrected chi connectivity index (χ2v) is 5.01. The molecular formula is C15H23N5. The van der Waals surface area contributed by atoms with E-state index in [1.165, 1.54) is 5.56 Å². The number of imidazole rings is 1. The molecule has 1 atom stereocenters. The van der Waals surface area contributed by atoms with E-state index in [9.17, 15) is 0 Å². The molecule has 0 radical (unpaired) electrons. The third-order valence-corrected chi connectivity index (χ3v) is 3.45. The zero-order valence-electron chi connectivity index (χ0n) is 12.7. The minimum atomic E-state index is 0.285. The molecule has 20 heavy (non-hydrogen) atoms. The number of anilines is 1. The summed E-state index contributed by atoms with van der Waals surface area (Å²) in [7, 11) is 4.07. The molecule has 0 saturated heterocycles. The number of hydrogen-bond acceptors (Lipinski definition) is 4. The van der Waals surface area contributed by atoms with Crippen molar-refractivity contribution in [1.82, 2.24) is 19.9 Å². The minimum absolute atomic E-state index is 0.285. The van der Waals surface area contributed by atoms with Gasteiger partial charge in [0.15, 0.2) is 0 Å². The van der Waals surface area contributed by atoms with Crippen molar-refractivity contribution in [2.45, 2.75) is 26.4 Å². The van der Waals surface area contributed by atoms with Crippen LogP contribution in [-0.4, -0.2) is 28.1 Å². The molecule has 1 N–H and O–H groups in total. The molecule has 0 aliphatic heterocycles. The summed E-state index contributed by atoms with van der Waals surface area (Å²) in [6.07, 6.45) is 5.62. The molecule has 0 spiro atoms. The van der Waals surface area contributed by atoms with Gasteiger partial charge in [0.25, 0.3) is 0 Å². The lowest BCUT2D eigenvalue weighted by Gasteiger charge is -2.23. The Morgan fingerprint density at radius 3 is 2.80 bits per heavy atom. The van der Waals surface area contributed by atoms with Gasteiger partial charge in [-0.15, -0.1) is 0 Å². The van der Waals surface area contributed by atoms with Crippen LogP contribution >= 0.6 is 0 Å². The Labute approximate surface area is 120 Å². The van der Waals surface area contributed by atoms with Crippen molar-refractivity contribution in [3.63, 3.8) is 0 Å². The third-order valence-electron chi connectivity index (χ3n) is 3.45. The Hall–Kier alpha value is -1.88. The topological polar surface area (TPSA) is 46.0 Å². The molecule has 108 valence electrons. The highest BCUT2D eigenvalue weighted by Crippen LogP contribution is 2.23. The molecule has 2 aromatic rings. The highest BCUT2D eigenvalue weighted by atomic mass is 15.2. The summed E-state index contributed by atoms with van der Waals surface area (Å²) < 4.78 is 2.03. The standard InChI is InChI=1S/C15H23N5/c1-5-16-12(2)13-7-6-8-18-15(13)20(4)11-14-17-9-10-19(14)3/h6-10,12,16H,5,11H2,1-4H3. The predicted octanol–water partition coefficient (Wildman–Crippen LogP) is 2.12. The number of aromatic nitrogens is 3. The molecule has 0 saturated carbocycles. The van der Waals surface area contributed by atoms with Gasteiger partial charge in [-0.05, 0) is 19.5 Å². The summed E-state index contributed by atoms with van der Waals surface area (Å²) in [4.78, 5) is 11.1. The molecule has 0 aliphatic carbocycles. The first-order valence-corrected chi connectivity index (χ1v) is 6.99. The summed E-state index contributed by atoms with van der Waals surface area (Å²) in [6, 6.07) is 4.40. The van der Waals surface area contributed by atoms with E-state index in [1.807, 2.05) is 36.3 Å². The van der Waals surface area contributed by atoms with Crippen molar-refractivity contribution in [3.05, 3.63) is 42.1 Å². The van der Waals surface area contributed by atoms with Crippen molar-refractivity contribution in [2.75, 3.05) is 18.5 Å². The Morgan fingerprint density at radius 2 is 2.15 bits per heavy atom. The smallest absolute Gasteiger partial charge is 0.133 e. The molecule has 2 rings (SSSR count). The Kier molecular flexibility index (Phi) is 4.74. The molecule has 2 heterocycles. The van der Waals surface area contributed by atoms with Crippen LogP contribution in [0.5, 0.6) is 0 Å². The van der Waals surface area contributed by atoms with Crippen LogP contribution in [0.15, 0.2) is 30.7 Å². The molecule has 0 aliphatic rings. The molecule has 2 aromatic heterocycles. The van der Waals surface area contributed by atoms with E-state index in [-0.39, 0.29) is 6.04 Å². The van der Waals surface area contributed by atoms with Crippen molar-refractivity contribution < 1.29 is 0 Å². The fraction of sp³-hybridized carbons (Fsp3) is 0.467. The van der Waals surface area contributed by atoms with E-state index in [0.29, 0.717) is 0 Å². The van der Waals surface area contributed by atoms with Crippen LogP contribution in [0, 0.1) is 0 Å². The Morgan fingerprint density at radius 1 is 1.35 bits per heavy atom. The van der Waals surface area contributed by atoms with Gasteiger partial charge in [-0.2, -0.15) is 0 Å². The third kappa shape index (κ3) is 3.17. The van der Waals surface area contributed by atoms with E-state index in [1.54, 1.807) is 0 Å². The monoisotopic (exact) mass is 273 g/mol. The van der Waals surface area contributed by atoms with Crippen LogP contribution in [0.4, 0.5) is 5.82 Å². The van der Waals surface area contributed by atoms with Gasteiger partial charge in [0.2, 0.25) is 0 Å². The highest BCUT2D eigenvalue weighted by Gasteiger charge is 2.15. The van der Waals surface area contributed by atoms with Gasteiger partial charge in [-0.1, -0.05) is 13.0 Å². The molecule has 0 aromatic carbocycles. The maximum absolute atomic E-state index is 4.54. The Bertz CT molecular complexity index is 549. The molecule has 0 amide bonds. The zero-order valence-corrected chi connectivity index (χ0v) is 12.7. The molecule has 1 unspecified atom stereocenters. The second kappa shape index (κ2) is 6.52. The molecule has 0 fully saturated rings. The van der Waals surface area contributed by atoms with Crippen molar-refractivity contribution in [1.29, 1.82) is 0 Å². The van der Waals surface area contributed by atoms with E-state index in [4.69, 9.17) is 0 Å². The second-order valence-electron chi connectivity index (χ2n) is 5.01. The van der Waals surface area contributed by atoms with Gasteiger partial charge < -0.3 is 14.8 Å². The lowest BCUT2D eigenvalue weighted by atomic mass is 10.1. The van der Waals surface area contributed by atoms with Gasteiger partial charge in [0.1, 0.15) is 11.6 Å². The van der Waals surface area contributed by atoms with Crippen LogP contribution in [0.2, 0.25) is 0 Å². The largest absolute Gasteiger partial charge is 0.352 e. The summed E-state index contributed by atoms with van der Waals surface area (Å²) in [5.74, 6) is 2.03. The van der Waals surface area contributed by atoms with Crippen molar-refractivity contribution in [3.8, 4) is 0 Å². The maximum atomic E-state index is 4.54. The molecule has 0 bridgehead atoms. The summed E-state index contributed by atoms with van der Waals surface area (Å²) >= 11 is 0. The zero-order chi connectivity index (χ0) is 14.5. The summed E-state index contributed by atoms with van der Waals surface area (Å²) in [5.41, 5.74) is 1.21. The quantitative estimate of drug-likeness (QED) is 0.875. The fourth-order valence-electron chi connectivity index (χ4n) is 2.32. The van der Waals surface area contributed by atoms with E-state index in [0.717, 1.165) is 24.7 Å². The Balaban J connectivity index is 2.21. The first-order chi connectivity index (χ1) is 9.63. The number of aryl methyl sites for hydroxylation is 1. The van der Waals surface area contributed by atoms with E-state index in [2.05, 4.69) is 47.1 Å². The van der Waals surface area contributed by atoms with Gasteiger partial charge in [0, 0.05) is 44.3 Å². The SMILES string of the molecule is CCNC(C)c1cccnc1N(C)Cc1nccn1C. The summed E-state index contributed by atoms with van der Waals surface area (Å²) in [5, 5.41) is 3.44. The minimum Gasteiger partial charge on any atom is -0.352 e. The van der Waals surface area contributed by atoms with Gasteiger partial charge in [-0.25, -0.2) is 9.97 Å². The van der Waals surface area contributed by atoms with Crippen LogP contribution in [0.1, 0.15) is 31.3 Å². The normalized spacial score (nSPS) is 12.4. The maximum Gasteiger partial charge on any atom is 0.133 e. The van der Waals surface area contributed by atoms with Crippen LogP contribution in [0.3, 0.4) is 0 Å². The van der Waals surface area contributed by atoms with Crippen molar-refractivity contribution in [2.24, 2.45) is 7.05 Å². The fourth-order valence-corrected chi connectivity index (χ4v) is 2.32.